The number of phenols is 1. The van der Waals surface area contributed by atoms with Gasteiger partial charge >= 0.3 is 5.97 Å². The quantitative estimate of drug-likeness (QED) is 0.849. The topological polar surface area (TPSA) is 46.5 Å². The lowest BCUT2D eigenvalue weighted by Crippen LogP contribution is -2.01. The maximum absolute atomic E-state index is 11.5. The van der Waals surface area contributed by atoms with Crippen LogP contribution < -0.4 is 0 Å². The highest BCUT2D eigenvalue weighted by molar-refractivity contribution is 6.33. The summed E-state index contributed by atoms with van der Waals surface area (Å²) in [5.74, 6) is -0.260. The van der Waals surface area contributed by atoms with Gasteiger partial charge in [0.15, 0.2) is 0 Å². The van der Waals surface area contributed by atoms with Crippen LogP contribution in [0.4, 0.5) is 0 Å². The molecule has 0 saturated carbocycles. The first kappa shape index (κ1) is 13.4. The van der Waals surface area contributed by atoms with Crippen LogP contribution in [0, 0.1) is 6.92 Å². The van der Waals surface area contributed by atoms with Gasteiger partial charge in [-0.2, -0.15) is 0 Å². The number of methoxy groups -OCH3 is 1. The van der Waals surface area contributed by atoms with Crippen LogP contribution in [0.1, 0.15) is 15.9 Å². The lowest BCUT2D eigenvalue weighted by atomic mass is 10.0. The number of carbonyl (C=O) groups excluding carboxylic acids is 1. The molecule has 4 heteroatoms. The average Bonchev–Trinajstić information content (AvgIpc) is 2.37. The third-order valence-electron chi connectivity index (χ3n) is 2.76. The van der Waals surface area contributed by atoms with E-state index in [0.717, 1.165) is 11.1 Å². The molecule has 0 spiro atoms. The standard InChI is InChI=1S/C15H13ClO3/c1-9-5-11(7-12(17)6-9)13-8-10(15(18)19-2)3-4-14(13)16/h3-8,17H,1-2H3. The zero-order valence-electron chi connectivity index (χ0n) is 10.6. The van der Waals surface area contributed by atoms with Crippen LogP contribution in [-0.4, -0.2) is 18.2 Å². The molecule has 0 saturated heterocycles. The van der Waals surface area contributed by atoms with Crippen molar-refractivity contribution in [3.63, 3.8) is 0 Å². The Morgan fingerprint density at radius 2 is 1.95 bits per heavy atom. The Balaban J connectivity index is 2.57. The Bertz CT molecular complexity index is 615. The van der Waals surface area contributed by atoms with Gasteiger partial charge < -0.3 is 9.84 Å². The maximum Gasteiger partial charge on any atom is 0.337 e. The van der Waals surface area contributed by atoms with E-state index in [0.29, 0.717) is 16.1 Å². The summed E-state index contributed by atoms with van der Waals surface area (Å²) < 4.78 is 4.68. The molecule has 0 amide bonds. The molecule has 1 N–H and O–H groups in total. The minimum Gasteiger partial charge on any atom is -0.508 e. The SMILES string of the molecule is COC(=O)c1ccc(Cl)c(-c2cc(C)cc(O)c2)c1. The molecule has 2 rings (SSSR count). The van der Waals surface area contributed by atoms with Crippen molar-refractivity contribution in [2.45, 2.75) is 6.92 Å². The molecule has 2 aromatic carbocycles. The number of aromatic hydroxyl groups is 1. The minimum absolute atomic E-state index is 0.162. The second kappa shape index (κ2) is 5.33. The third kappa shape index (κ3) is 2.88. The van der Waals surface area contributed by atoms with Gasteiger partial charge in [-0.15, -0.1) is 0 Å². The Morgan fingerprint density at radius 1 is 1.21 bits per heavy atom. The van der Waals surface area contributed by atoms with Crippen LogP contribution in [-0.2, 0) is 4.74 Å². The van der Waals surface area contributed by atoms with Gasteiger partial charge in [-0.05, 0) is 48.4 Å². The molecular formula is C15H13ClO3. The Kier molecular flexibility index (Phi) is 3.76. The van der Waals surface area contributed by atoms with Crippen molar-refractivity contribution in [1.82, 2.24) is 0 Å². The molecule has 0 unspecified atom stereocenters. The predicted octanol–water partition coefficient (Wildman–Crippen LogP) is 3.81. The number of hydrogen-bond acceptors (Lipinski definition) is 3. The van der Waals surface area contributed by atoms with E-state index in [1.165, 1.54) is 7.11 Å². The van der Waals surface area contributed by atoms with Crippen molar-refractivity contribution in [1.29, 1.82) is 0 Å². The fourth-order valence-electron chi connectivity index (χ4n) is 1.91. The molecule has 0 atom stereocenters. The number of halogens is 1. The number of aryl methyl sites for hydroxylation is 1. The Hall–Kier alpha value is -2.00. The zero-order chi connectivity index (χ0) is 14.0. The molecule has 0 bridgehead atoms. The van der Waals surface area contributed by atoms with E-state index in [9.17, 15) is 9.90 Å². The summed E-state index contributed by atoms with van der Waals surface area (Å²) in [6.07, 6.45) is 0. The molecule has 98 valence electrons. The first-order valence-electron chi connectivity index (χ1n) is 5.70. The molecule has 3 nitrogen and oxygen atoms in total. The average molecular weight is 277 g/mol. The molecule has 0 aliphatic heterocycles. The second-order valence-electron chi connectivity index (χ2n) is 4.24. The van der Waals surface area contributed by atoms with Crippen LogP contribution in [0.3, 0.4) is 0 Å². The van der Waals surface area contributed by atoms with Gasteiger partial charge in [0.2, 0.25) is 0 Å². The molecule has 0 aliphatic rings. The second-order valence-corrected chi connectivity index (χ2v) is 4.65. The van der Waals surface area contributed by atoms with Gasteiger partial charge in [0, 0.05) is 10.6 Å². The predicted molar refractivity (Wildman–Crippen MR) is 74.6 cm³/mol. The lowest BCUT2D eigenvalue weighted by Gasteiger charge is -2.08. The van der Waals surface area contributed by atoms with Crippen molar-refractivity contribution in [2.75, 3.05) is 7.11 Å². The minimum atomic E-state index is -0.421. The van der Waals surface area contributed by atoms with Crippen molar-refractivity contribution < 1.29 is 14.6 Å². The van der Waals surface area contributed by atoms with E-state index in [2.05, 4.69) is 4.74 Å². The van der Waals surface area contributed by atoms with Crippen molar-refractivity contribution in [3.05, 3.63) is 52.5 Å². The maximum atomic E-state index is 11.5. The van der Waals surface area contributed by atoms with Gasteiger partial charge in [0.25, 0.3) is 0 Å². The highest BCUT2D eigenvalue weighted by Gasteiger charge is 2.11. The van der Waals surface area contributed by atoms with Gasteiger partial charge in [-0.25, -0.2) is 4.79 Å². The van der Waals surface area contributed by atoms with Crippen molar-refractivity contribution in [2.24, 2.45) is 0 Å². The smallest absolute Gasteiger partial charge is 0.337 e. The summed E-state index contributed by atoms with van der Waals surface area (Å²) >= 11 is 6.15. The lowest BCUT2D eigenvalue weighted by molar-refractivity contribution is 0.0601. The number of phenolic OH excluding ortho intramolecular Hbond substituents is 1. The number of carbonyl (C=O) groups is 1. The van der Waals surface area contributed by atoms with E-state index in [1.807, 2.05) is 13.0 Å². The van der Waals surface area contributed by atoms with E-state index >= 15 is 0 Å². The van der Waals surface area contributed by atoms with Gasteiger partial charge in [0.05, 0.1) is 12.7 Å². The summed E-state index contributed by atoms with van der Waals surface area (Å²) in [7, 11) is 1.33. The molecule has 0 aliphatic carbocycles. The molecule has 0 radical (unpaired) electrons. The van der Waals surface area contributed by atoms with E-state index in [-0.39, 0.29) is 5.75 Å². The fraction of sp³-hybridized carbons (Fsp3) is 0.133. The van der Waals surface area contributed by atoms with Crippen molar-refractivity contribution >= 4 is 17.6 Å². The number of esters is 1. The third-order valence-corrected chi connectivity index (χ3v) is 3.09. The largest absolute Gasteiger partial charge is 0.508 e. The summed E-state index contributed by atoms with van der Waals surface area (Å²) in [6, 6.07) is 10.1. The van der Waals surface area contributed by atoms with Crippen LogP contribution in [0.5, 0.6) is 5.75 Å². The molecule has 19 heavy (non-hydrogen) atoms. The molecular weight excluding hydrogens is 264 g/mol. The molecule has 2 aromatic rings. The first-order valence-corrected chi connectivity index (χ1v) is 6.08. The number of hydrogen-bond donors (Lipinski definition) is 1. The van der Waals surface area contributed by atoms with Gasteiger partial charge in [-0.3, -0.25) is 0 Å². The highest BCUT2D eigenvalue weighted by atomic mass is 35.5. The fourth-order valence-corrected chi connectivity index (χ4v) is 2.14. The number of benzene rings is 2. The van der Waals surface area contributed by atoms with Crippen LogP contribution in [0.15, 0.2) is 36.4 Å². The molecule has 0 aromatic heterocycles. The first-order chi connectivity index (χ1) is 9.01. The molecule has 0 fully saturated rings. The van der Waals surface area contributed by atoms with Crippen LogP contribution in [0.2, 0.25) is 5.02 Å². The van der Waals surface area contributed by atoms with Crippen molar-refractivity contribution in [3.8, 4) is 16.9 Å². The summed E-state index contributed by atoms with van der Waals surface area (Å²) in [5.41, 5.74) is 2.77. The normalized spacial score (nSPS) is 10.3. The summed E-state index contributed by atoms with van der Waals surface area (Å²) in [4.78, 5) is 11.5. The van der Waals surface area contributed by atoms with E-state index in [4.69, 9.17) is 11.6 Å². The van der Waals surface area contributed by atoms with Gasteiger partial charge in [-0.1, -0.05) is 17.7 Å². The van der Waals surface area contributed by atoms with Crippen LogP contribution >= 0.6 is 11.6 Å². The van der Waals surface area contributed by atoms with Crippen LogP contribution in [0.25, 0.3) is 11.1 Å². The zero-order valence-corrected chi connectivity index (χ0v) is 11.4. The summed E-state index contributed by atoms with van der Waals surface area (Å²) in [6.45, 7) is 1.88. The Morgan fingerprint density at radius 3 is 2.58 bits per heavy atom. The number of ether oxygens (including phenoxy) is 1. The monoisotopic (exact) mass is 276 g/mol. The van der Waals surface area contributed by atoms with Gasteiger partial charge in [0.1, 0.15) is 5.75 Å². The Labute approximate surface area is 116 Å². The highest BCUT2D eigenvalue weighted by Crippen LogP contribution is 2.32. The number of rotatable bonds is 2. The molecule has 0 heterocycles. The van der Waals surface area contributed by atoms with E-state index < -0.39 is 5.97 Å². The van der Waals surface area contributed by atoms with E-state index in [1.54, 1.807) is 30.3 Å². The summed E-state index contributed by atoms with van der Waals surface area (Å²) in [5, 5.41) is 10.1.